The van der Waals surface area contributed by atoms with Gasteiger partial charge in [-0.15, -0.1) is 0 Å². The molecule has 28 heavy (non-hydrogen) atoms. The van der Waals surface area contributed by atoms with Gasteiger partial charge in [-0.05, 0) is 41.7 Å². The molecule has 0 bridgehead atoms. The number of ether oxygens (including phenoxy) is 2. The van der Waals surface area contributed by atoms with E-state index >= 15 is 0 Å². The average molecular weight is 383 g/mol. The zero-order chi connectivity index (χ0) is 19.9. The van der Waals surface area contributed by atoms with Crippen LogP contribution in [0.3, 0.4) is 0 Å². The summed E-state index contributed by atoms with van der Waals surface area (Å²) >= 11 is 0. The van der Waals surface area contributed by atoms with Crippen molar-refractivity contribution < 1.29 is 19.7 Å². The van der Waals surface area contributed by atoms with Crippen LogP contribution in [0.1, 0.15) is 34.7 Å². The Balaban J connectivity index is 1.71. The summed E-state index contributed by atoms with van der Waals surface area (Å²) in [5, 5.41) is 24.2. The van der Waals surface area contributed by atoms with Crippen LogP contribution in [0.4, 0.5) is 0 Å². The van der Waals surface area contributed by atoms with Crippen molar-refractivity contribution in [1.29, 1.82) is 0 Å². The van der Waals surface area contributed by atoms with Crippen LogP contribution in [0.15, 0.2) is 47.6 Å². The number of nitrogens with zero attached hydrogens (tertiary/aromatic N) is 1. The van der Waals surface area contributed by atoms with E-state index in [2.05, 4.69) is 30.3 Å². The van der Waals surface area contributed by atoms with Crippen LogP contribution in [0.5, 0.6) is 0 Å². The molecule has 1 spiro atoms. The molecule has 4 rings (SSSR count). The Morgan fingerprint density at radius 3 is 2.75 bits per heavy atom. The number of benzene rings is 2. The predicted molar refractivity (Wildman–Crippen MR) is 104 cm³/mol. The summed E-state index contributed by atoms with van der Waals surface area (Å²) < 4.78 is 12.0. The van der Waals surface area contributed by atoms with Crippen LogP contribution in [-0.2, 0) is 28.3 Å². The molecule has 0 aliphatic carbocycles. The van der Waals surface area contributed by atoms with Crippen LogP contribution in [-0.4, -0.2) is 35.1 Å². The number of nitroso groups, excluding NO2 is 1. The summed E-state index contributed by atoms with van der Waals surface area (Å²) in [6.45, 7) is 3.93. The Bertz CT molecular complexity index is 885. The molecule has 2 N–H and O–H groups in total. The van der Waals surface area contributed by atoms with Crippen molar-refractivity contribution in [2.45, 2.75) is 51.0 Å². The number of aryl methyl sites for hydroxylation is 1. The van der Waals surface area contributed by atoms with Crippen LogP contribution in [0.2, 0.25) is 0 Å². The fourth-order valence-corrected chi connectivity index (χ4v) is 4.27. The first-order valence-electron chi connectivity index (χ1n) is 9.60. The Morgan fingerprint density at radius 1 is 1.21 bits per heavy atom. The highest BCUT2D eigenvalue weighted by atomic mass is 16.7. The zero-order valence-corrected chi connectivity index (χ0v) is 16.0. The van der Waals surface area contributed by atoms with Crippen molar-refractivity contribution >= 4 is 0 Å². The minimum atomic E-state index is -1.38. The van der Waals surface area contributed by atoms with E-state index in [-0.39, 0.29) is 6.54 Å². The Hall–Kier alpha value is -2.12. The summed E-state index contributed by atoms with van der Waals surface area (Å²) in [4.78, 5) is 10.8. The topological polar surface area (TPSA) is 88.4 Å². The van der Waals surface area contributed by atoms with Crippen molar-refractivity contribution in [3.63, 3.8) is 0 Å². The lowest BCUT2D eigenvalue weighted by Crippen LogP contribution is -2.59. The molecule has 0 amide bonds. The average Bonchev–Trinajstić information content (AvgIpc) is 3.05. The molecule has 2 aliphatic heterocycles. The summed E-state index contributed by atoms with van der Waals surface area (Å²) in [6, 6.07) is 14.3. The molecule has 0 saturated carbocycles. The van der Waals surface area contributed by atoms with E-state index < -0.39 is 30.0 Å². The minimum Gasteiger partial charge on any atom is -0.390 e. The number of hydrogen-bond acceptors (Lipinski definition) is 6. The van der Waals surface area contributed by atoms with Gasteiger partial charge in [0.25, 0.3) is 0 Å². The monoisotopic (exact) mass is 383 g/mol. The minimum absolute atomic E-state index is 0.193. The molecule has 1 saturated heterocycles. The lowest BCUT2D eigenvalue weighted by molar-refractivity contribution is -0.354. The van der Waals surface area contributed by atoms with Gasteiger partial charge in [0.15, 0.2) is 0 Å². The van der Waals surface area contributed by atoms with Gasteiger partial charge in [-0.2, -0.15) is 4.91 Å². The fraction of sp³-hybridized carbons (Fsp3) is 0.455. The first kappa shape index (κ1) is 19.2. The largest absolute Gasteiger partial charge is 0.390 e. The molecular formula is C22H25NO5. The maximum atomic E-state index is 10.9. The number of fused-ring (bicyclic) bond motifs is 2. The Labute approximate surface area is 164 Å². The molecule has 2 heterocycles. The van der Waals surface area contributed by atoms with Crippen LogP contribution >= 0.6 is 0 Å². The van der Waals surface area contributed by atoms with Gasteiger partial charge < -0.3 is 19.7 Å². The van der Waals surface area contributed by atoms with E-state index in [1.54, 1.807) is 6.92 Å². The maximum Gasteiger partial charge on any atom is 0.223 e. The summed E-state index contributed by atoms with van der Waals surface area (Å²) in [5.74, 6) is -1.91. The molecule has 2 aromatic carbocycles. The normalized spacial score (nSPS) is 31.7. The molecule has 0 unspecified atom stereocenters. The highest BCUT2D eigenvalue weighted by Crippen LogP contribution is 2.47. The van der Waals surface area contributed by atoms with Crippen LogP contribution < -0.4 is 0 Å². The fourth-order valence-electron chi connectivity index (χ4n) is 4.27. The maximum absolute atomic E-state index is 10.9. The molecule has 6 nitrogen and oxygen atoms in total. The third kappa shape index (κ3) is 3.06. The second-order valence-corrected chi connectivity index (χ2v) is 7.81. The molecule has 1 fully saturated rings. The van der Waals surface area contributed by atoms with Gasteiger partial charge in [-0.3, -0.25) is 0 Å². The first-order valence-corrected chi connectivity index (χ1v) is 9.60. The van der Waals surface area contributed by atoms with Gasteiger partial charge in [0.1, 0.15) is 18.8 Å². The van der Waals surface area contributed by atoms with Gasteiger partial charge in [0.2, 0.25) is 5.79 Å². The van der Waals surface area contributed by atoms with Crippen molar-refractivity contribution in [3.05, 3.63) is 75.2 Å². The second-order valence-electron chi connectivity index (χ2n) is 7.81. The lowest BCUT2D eigenvalue weighted by Gasteiger charge is -2.47. The molecule has 0 radical (unpaired) electrons. The smallest absolute Gasteiger partial charge is 0.223 e. The quantitative estimate of drug-likeness (QED) is 0.793. The van der Waals surface area contributed by atoms with Gasteiger partial charge >= 0.3 is 0 Å². The third-order valence-electron chi connectivity index (χ3n) is 6.04. The van der Waals surface area contributed by atoms with Gasteiger partial charge in [-0.1, -0.05) is 48.5 Å². The van der Waals surface area contributed by atoms with Crippen LogP contribution in [0.25, 0.3) is 0 Å². The van der Waals surface area contributed by atoms with Gasteiger partial charge in [0.05, 0.1) is 12.7 Å². The zero-order valence-electron chi connectivity index (χ0n) is 16.0. The molecule has 2 aliphatic rings. The number of rotatable bonds is 4. The first-order chi connectivity index (χ1) is 13.5. The molecule has 148 valence electrons. The summed E-state index contributed by atoms with van der Waals surface area (Å²) in [6.07, 6.45) is -2.10. The summed E-state index contributed by atoms with van der Waals surface area (Å²) in [7, 11) is 0. The molecular weight excluding hydrogens is 358 g/mol. The van der Waals surface area contributed by atoms with Crippen molar-refractivity contribution in [2.75, 3.05) is 6.54 Å². The highest BCUT2D eigenvalue weighted by Gasteiger charge is 2.57. The van der Waals surface area contributed by atoms with Gasteiger partial charge in [-0.25, -0.2) is 0 Å². The molecule has 0 aromatic heterocycles. The molecule has 2 aromatic rings. The SMILES string of the molecule is Cc1ccccc1Cc1ccc2c(c1)[C@]1(OC2)O[C@H](CN=O)[C@@H](O)[C@H](C)[C@H]1O. The van der Waals surface area contributed by atoms with E-state index in [4.69, 9.17) is 9.47 Å². The predicted octanol–water partition coefficient (Wildman–Crippen LogP) is 2.79. The summed E-state index contributed by atoms with van der Waals surface area (Å²) in [5.41, 5.74) is 5.23. The van der Waals surface area contributed by atoms with E-state index in [1.165, 1.54) is 11.1 Å². The number of aliphatic hydroxyl groups excluding tert-OH is 2. The van der Waals surface area contributed by atoms with Gasteiger partial charge in [0, 0.05) is 11.5 Å². The second kappa shape index (κ2) is 7.37. The molecule has 6 heteroatoms. The van der Waals surface area contributed by atoms with Crippen molar-refractivity contribution in [1.82, 2.24) is 0 Å². The van der Waals surface area contributed by atoms with Crippen molar-refractivity contribution in [2.24, 2.45) is 11.1 Å². The standard InChI is InChI=1S/C22H25NO5/c1-13-5-3-4-6-16(13)9-15-7-8-17-12-27-22(18(17)10-15)21(25)14(2)20(24)19(28-22)11-23-26/h3-8,10,14,19-21,24-25H,9,11-12H2,1-2H3/t14-,19+,20-,21+,22-/m0/s1. The highest BCUT2D eigenvalue weighted by molar-refractivity contribution is 5.41. The van der Waals surface area contributed by atoms with E-state index in [9.17, 15) is 15.1 Å². The number of hydrogen-bond donors (Lipinski definition) is 2. The van der Waals surface area contributed by atoms with E-state index in [0.29, 0.717) is 6.61 Å². The Morgan fingerprint density at radius 2 is 2.00 bits per heavy atom. The molecule has 5 atom stereocenters. The van der Waals surface area contributed by atoms with E-state index in [0.717, 1.165) is 23.1 Å². The lowest BCUT2D eigenvalue weighted by atomic mass is 9.81. The Kier molecular flexibility index (Phi) is 5.05. The number of aliphatic hydroxyl groups is 2. The van der Waals surface area contributed by atoms with Crippen molar-refractivity contribution in [3.8, 4) is 0 Å². The van der Waals surface area contributed by atoms with Crippen LogP contribution in [0, 0.1) is 17.7 Å². The third-order valence-corrected chi connectivity index (χ3v) is 6.04. The van der Waals surface area contributed by atoms with E-state index in [1.807, 2.05) is 24.3 Å².